The van der Waals surface area contributed by atoms with Crippen molar-refractivity contribution in [1.82, 2.24) is 0 Å². The summed E-state index contributed by atoms with van der Waals surface area (Å²) in [5.41, 5.74) is 10.7. The van der Waals surface area contributed by atoms with Crippen LogP contribution in [0.4, 0.5) is 0 Å². The summed E-state index contributed by atoms with van der Waals surface area (Å²) < 4.78 is 0. The van der Waals surface area contributed by atoms with Gasteiger partial charge in [-0.05, 0) is 21.8 Å². The minimum atomic E-state index is -0.563. The van der Waals surface area contributed by atoms with Crippen molar-refractivity contribution in [2.24, 2.45) is 5.11 Å². The van der Waals surface area contributed by atoms with Crippen molar-refractivity contribution >= 4 is 5.91 Å². The Bertz CT molecular complexity index is 569. The molecule has 82 valence electrons. The number of carbonyl (C=O) groups excluding carboxylic acids is 1. The molecule has 2 rings (SSSR count). The molecule has 0 aliphatic heterocycles. The summed E-state index contributed by atoms with van der Waals surface area (Å²) in [4.78, 5) is 13.7. The molecule has 0 atom stereocenters. The molecule has 0 aliphatic carbocycles. The first-order valence-electron chi connectivity index (χ1n) is 5.06. The molecule has 0 N–H and O–H groups in total. The van der Waals surface area contributed by atoms with E-state index in [4.69, 9.17) is 5.53 Å². The number of hydrogen-bond donors (Lipinski definition) is 0. The molecule has 17 heavy (non-hydrogen) atoms. The number of carbonyl (C=O) groups is 1. The van der Waals surface area contributed by atoms with Gasteiger partial charge in [-0.2, -0.15) is 0 Å². The molecule has 0 saturated heterocycles. The minimum absolute atomic E-state index is 0.391. The largest absolute Gasteiger partial charge is 0.287 e. The Morgan fingerprint density at radius 2 is 1.53 bits per heavy atom. The molecule has 0 aliphatic rings. The van der Waals surface area contributed by atoms with E-state index in [1.54, 1.807) is 12.1 Å². The number of rotatable bonds is 2. The summed E-state index contributed by atoms with van der Waals surface area (Å²) in [6, 6.07) is 16.8. The van der Waals surface area contributed by atoms with Crippen LogP contribution in [-0.2, 0) is 0 Å². The zero-order valence-electron chi connectivity index (χ0n) is 8.95. The highest BCUT2D eigenvalue weighted by Crippen LogP contribution is 2.19. The Morgan fingerprint density at radius 1 is 0.941 bits per heavy atom. The first kappa shape index (κ1) is 10.9. The van der Waals surface area contributed by atoms with Crippen molar-refractivity contribution in [2.75, 3.05) is 0 Å². The molecule has 0 unspecified atom stereocenters. The van der Waals surface area contributed by atoms with E-state index in [0.717, 1.165) is 11.1 Å². The van der Waals surface area contributed by atoms with Crippen LogP contribution >= 0.6 is 0 Å². The molecule has 2 aromatic carbocycles. The zero-order valence-corrected chi connectivity index (χ0v) is 8.95. The van der Waals surface area contributed by atoms with Gasteiger partial charge in [0.25, 0.3) is 0 Å². The standard InChI is InChI=1S/C13H9N3O/c14-16-15-13(17)12-8-6-11(7-9-12)10-4-2-1-3-5-10/h1-9H. The van der Waals surface area contributed by atoms with Crippen LogP contribution in [0.3, 0.4) is 0 Å². The molecule has 0 bridgehead atoms. The Hall–Kier alpha value is -2.58. The molecule has 0 heterocycles. The van der Waals surface area contributed by atoms with Crippen LogP contribution in [-0.4, -0.2) is 5.91 Å². The maximum atomic E-state index is 11.3. The van der Waals surface area contributed by atoms with E-state index in [0.29, 0.717) is 5.56 Å². The summed E-state index contributed by atoms with van der Waals surface area (Å²) >= 11 is 0. The maximum Gasteiger partial charge on any atom is 0.249 e. The first-order valence-corrected chi connectivity index (χ1v) is 5.06. The monoisotopic (exact) mass is 223 g/mol. The molecule has 4 nitrogen and oxygen atoms in total. The average Bonchev–Trinajstić information content (AvgIpc) is 2.40. The van der Waals surface area contributed by atoms with Crippen LogP contribution in [0.15, 0.2) is 59.7 Å². The maximum absolute atomic E-state index is 11.3. The number of benzene rings is 2. The van der Waals surface area contributed by atoms with Crippen molar-refractivity contribution in [3.05, 3.63) is 70.6 Å². The lowest BCUT2D eigenvalue weighted by atomic mass is 10.0. The van der Waals surface area contributed by atoms with Crippen LogP contribution in [0.5, 0.6) is 0 Å². The molecule has 0 saturated carbocycles. The van der Waals surface area contributed by atoms with Crippen molar-refractivity contribution in [3.8, 4) is 11.1 Å². The number of nitrogens with zero attached hydrogens (tertiary/aromatic N) is 3. The smallest absolute Gasteiger partial charge is 0.249 e. The van der Waals surface area contributed by atoms with Crippen molar-refractivity contribution in [3.63, 3.8) is 0 Å². The normalized spacial score (nSPS) is 9.41. The lowest BCUT2D eigenvalue weighted by Crippen LogP contribution is -1.92. The molecule has 0 aromatic heterocycles. The third kappa shape index (κ3) is 2.51. The van der Waals surface area contributed by atoms with Gasteiger partial charge in [-0.25, -0.2) is 0 Å². The average molecular weight is 223 g/mol. The van der Waals surface area contributed by atoms with E-state index in [1.807, 2.05) is 42.5 Å². The van der Waals surface area contributed by atoms with Crippen molar-refractivity contribution in [2.45, 2.75) is 0 Å². The summed E-state index contributed by atoms with van der Waals surface area (Å²) in [7, 11) is 0. The van der Waals surface area contributed by atoms with Gasteiger partial charge in [0.2, 0.25) is 5.91 Å². The molecule has 4 heteroatoms. The summed E-state index contributed by atoms with van der Waals surface area (Å²) in [5, 5.41) is 3.04. The van der Waals surface area contributed by atoms with Gasteiger partial charge in [0, 0.05) is 10.5 Å². The molecular weight excluding hydrogens is 214 g/mol. The van der Waals surface area contributed by atoms with Gasteiger partial charge in [-0.1, -0.05) is 54.6 Å². The van der Waals surface area contributed by atoms with Crippen LogP contribution in [0.25, 0.3) is 21.6 Å². The fourth-order valence-electron chi connectivity index (χ4n) is 1.53. The second-order valence-electron chi connectivity index (χ2n) is 3.44. The number of hydrogen-bond acceptors (Lipinski definition) is 1. The van der Waals surface area contributed by atoms with Gasteiger partial charge in [-0.3, -0.25) is 4.79 Å². The molecule has 0 spiro atoms. The molecule has 1 amide bonds. The topological polar surface area (TPSA) is 65.8 Å². The van der Waals surface area contributed by atoms with E-state index in [-0.39, 0.29) is 0 Å². The summed E-state index contributed by atoms with van der Waals surface area (Å²) in [6.45, 7) is 0. The molecule has 0 radical (unpaired) electrons. The highest BCUT2D eigenvalue weighted by atomic mass is 16.1. The fourth-order valence-corrected chi connectivity index (χ4v) is 1.53. The Balaban J connectivity index is 2.31. The zero-order chi connectivity index (χ0) is 12.1. The van der Waals surface area contributed by atoms with Crippen LogP contribution in [0, 0.1) is 0 Å². The summed E-state index contributed by atoms with van der Waals surface area (Å²) in [6.07, 6.45) is 0. The predicted molar refractivity (Wildman–Crippen MR) is 65.4 cm³/mol. The Labute approximate surface area is 98.1 Å². The van der Waals surface area contributed by atoms with E-state index in [1.165, 1.54) is 0 Å². The quantitative estimate of drug-likeness (QED) is 0.433. The van der Waals surface area contributed by atoms with Crippen molar-refractivity contribution < 1.29 is 4.79 Å². The number of amides is 1. The van der Waals surface area contributed by atoms with Gasteiger partial charge >= 0.3 is 0 Å². The van der Waals surface area contributed by atoms with E-state index < -0.39 is 5.91 Å². The fraction of sp³-hybridized carbons (Fsp3) is 0. The summed E-state index contributed by atoms with van der Waals surface area (Å²) in [5.74, 6) is -0.563. The lowest BCUT2D eigenvalue weighted by molar-refractivity contribution is 0.100. The highest BCUT2D eigenvalue weighted by Gasteiger charge is 2.03. The van der Waals surface area contributed by atoms with Gasteiger partial charge in [0.15, 0.2) is 0 Å². The van der Waals surface area contributed by atoms with Crippen LogP contribution in [0.1, 0.15) is 10.4 Å². The van der Waals surface area contributed by atoms with E-state index in [2.05, 4.69) is 10.0 Å². The van der Waals surface area contributed by atoms with E-state index >= 15 is 0 Å². The van der Waals surface area contributed by atoms with Crippen LogP contribution in [0.2, 0.25) is 0 Å². The SMILES string of the molecule is [N-]=[N+]=NC(=O)c1ccc(-c2ccccc2)cc1. The Morgan fingerprint density at radius 3 is 2.12 bits per heavy atom. The van der Waals surface area contributed by atoms with E-state index in [9.17, 15) is 4.79 Å². The molecule has 2 aromatic rings. The van der Waals surface area contributed by atoms with Gasteiger partial charge < -0.3 is 0 Å². The highest BCUT2D eigenvalue weighted by molar-refractivity contribution is 5.95. The predicted octanol–water partition coefficient (Wildman–Crippen LogP) is 3.80. The minimum Gasteiger partial charge on any atom is -0.287 e. The molecule has 0 fully saturated rings. The first-order chi connectivity index (χ1) is 8.31. The van der Waals surface area contributed by atoms with Crippen molar-refractivity contribution in [1.29, 1.82) is 0 Å². The number of azide groups is 1. The third-order valence-electron chi connectivity index (χ3n) is 2.37. The molecular formula is C13H9N3O. The third-order valence-corrected chi connectivity index (χ3v) is 2.37. The second kappa shape index (κ2) is 4.96. The Kier molecular flexibility index (Phi) is 3.19. The van der Waals surface area contributed by atoms with Gasteiger partial charge in [-0.15, -0.1) is 0 Å². The van der Waals surface area contributed by atoms with Crippen LogP contribution < -0.4 is 0 Å². The van der Waals surface area contributed by atoms with Gasteiger partial charge in [0.1, 0.15) is 0 Å². The van der Waals surface area contributed by atoms with Gasteiger partial charge in [0.05, 0.1) is 0 Å². The lowest BCUT2D eigenvalue weighted by Gasteiger charge is -2.01. The second-order valence-corrected chi connectivity index (χ2v) is 3.44.